The molecule has 2 N–H and O–H groups in total. The van der Waals surface area contributed by atoms with Gasteiger partial charge in [-0.05, 0) is 37.6 Å². The summed E-state index contributed by atoms with van der Waals surface area (Å²) in [4.78, 5) is 21.5. The summed E-state index contributed by atoms with van der Waals surface area (Å²) >= 11 is 1.45. The van der Waals surface area contributed by atoms with Crippen LogP contribution in [0.2, 0.25) is 0 Å². The van der Waals surface area contributed by atoms with E-state index in [0.717, 1.165) is 16.3 Å². The van der Waals surface area contributed by atoms with Gasteiger partial charge in [-0.25, -0.2) is 13.4 Å². The largest absolute Gasteiger partial charge is 0.343 e. The molecule has 2 heterocycles. The van der Waals surface area contributed by atoms with E-state index in [-0.39, 0.29) is 29.0 Å². The smallest absolute Gasteiger partial charge is 0.253 e. The molecule has 1 aromatic carbocycles. The van der Waals surface area contributed by atoms with Gasteiger partial charge in [0.25, 0.3) is 5.91 Å². The number of thiazole rings is 1. The molecule has 3 aromatic rings. The topological polar surface area (TPSA) is 101 Å². The molecule has 3 rings (SSSR count). The molecule has 9 heteroatoms. The molecule has 0 radical (unpaired) electrons. The van der Waals surface area contributed by atoms with E-state index in [9.17, 15) is 13.2 Å². The van der Waals surface area contributed by atoms with Gasteiger partial charge >= 0.3 is 0 Å². The average Bonchev–Trinajstić information content (AvgIpc) is 3.19. The summed E-state index contributed by atoms with van der Waals surface area (Å²) in [5.74, 6) is -0.374. The summed E-state index contributed by atoms with van der Waals surface area (Å²) in [5, 5.41) is 5.56. The highest BCUT2D eigenvalue weighted by atomic mass is 32.2. The molecule has 152 valence electrons. The molecule has 1 unspecified atom stereocenters. The molecule has 0 spiro atoms. The average molecular weight is 431 g/mol. The number of nitrogens with one attached hydrogen (secondary N) is 2. The molecular formula is C20H22N4O3S2. The van der Waals surface area contributed by atoms with Crippen LogP contribution in [0.5, 0.6) is 0 Å². The Labute approximate surface area is 174 Å². The Morgan fingerprint density at radius 1 is 1.21 bits per heavy atom. The maximum Gasteiger partial charge on any atom is 0.253 e. The molecule has 29 heavy (non-hydrogen) atoms. The monoisotopic (exact) mass is 430 g/mol. The van der Waals surface area contributed by atoms with E-state index in [0.29, 0.717) is 6.42 Å². The van der Waals surface area contributed by atoms with E-state index in [1.54, 1.807) is 43.6 Å². The van der Waals surface area contributed by atoms with Gasteiger partial charge in [-0.2, -0.15) is 0 Å². The number of para-hydroxylation sites is 1. The van der Waals surface area contributed by atoms with Gasteiger partial charge in [-0.3, -0.25) is 14.5 Å². The van der Waals surface area contributed by atoms with Crippen molar-refractivity contribution in [3.63, 3.8) is 0 Å². The van der Waals surface area contributed by atoms with E-state index in [2.05, 4.69) is 20.0 Å². The molecule has 7 nitrogen and oxygen atoms in total. The minimum atomic E-state index is -3.49. The van der Waals surface area contributed by atoms with E-state index in [4.69, 9.17) is 0 Å². The number of sulfonamides is 1. The molecule has 0 bridgehead atoms. The van der Waals surface area contributed by atoms with E-state index < -0.39 is 10.0 Å². The first kappa shape index (κ1) is 20.9. The molecule has 1 amide bonds. The van der Waals surface area contributed by atoms with Crippen LogP contribution in [0.4, 0.5) is 5.69 Å². The SMILES string of the molecule is CCCS(=O)(=O)Nc1ccccc1C(=O)NC(C)c1nc(-c2cccnc2)cs1. The lowest BCUT2D eigenvalue weighted by molar-refractivity contribution is 0.0940. The van der Waals surface area contributed by atoms with Crippen LogP contribution in [-0.2, 0) is 10.0 Å². The van der Waals surface area contributed by atoms with Crippen LogP contribution >= 0.6 is 11.3 Å². The number of benzene rings is 1. The van der Waals surface area contributed by atoms with Crippen molar-refractivity contribution >= 4 is 33.0 Å². The Balaban J connectivity index is 1.75. The van der Waals surface area contributed by atoms with Gasteiger partial charge < -0.3 is 5.32 Å². The molecular weight excluding hydrogens is 408 g/mol. The van der Waals surface area contributed by atoms with E-state index >= 15 is 0 Å². The standard InChI is InChI=1S/C20H22N4O3S2/c1-3-11-29(26,27)24-17-9-5-4-8-16(17)19(25)22-14(2)20-23-18(13-28-20)15-7-6-10-21-12-15/h4-10,12-14,24H,3,11H2,1-2H3,(H,22,25). The molecule has 0 saturated carbocycles. The Kier molecular flexibility index (Phi) is 6.60. The van der Waals surface area contributed by atoms with Crippen LogP contribution in [0.1, 0.15) is 41.7 Å². The van der Waals surface area contributed by atoms with E-state index in [1.165, 1.54) is 11.3 Å². The van der Waals surface area contributed by atoms with Crippen LogP contribution in [0.25, 0.3) is 11.3 Å². The number of anilines is 1. The highest BCUT2D eigenvalue weighted by molar-refractivity contribution is 7.92. The van der Waals surface area contributed by atoms with Gasteiger partial charge in [0.1, 0.15) is 5.01 Å². The molecule has 0 aliphatic carbocycles. The third-order valence-corrected chi connectivity index (χ3v) is 6.61. The maximum atomic E-state index is 12.8. The van der Waals surface area contributed by atoms with Crippen LogP contribution in [0.15, 0.2) is 54.2 Å². The molecule has 0 fully saturated rings. The van der Waals surface area contributed by atoms with Crippen LogP contribution in [0, 0.1) is 0 Å². The number of amides is 1. The highest BCUT2D eigenvalue weighted by Crippen LogP contribution is 2.25. The summed E-state index contributed by atoms with van der Waals surface area (Å²) in [6, 6.07) is 9.99. The number of nitrogens with zero attached hydrogens (tertiary/aromatic N) is 2. The second kappa shape index (κ2) is 9.15. The number of carbonyl (C=O) groups is 1. The molecule has 1 atom stereocenters. The van der Waals surface area contributed by atoms with Crippen molar-refractivity contribution in [1.82, 2.24) is 15.3 Å². The Morgan fingerprint density at radius 3 is 2.72 bits per heavy atom. The van der Waals surface area contributed by atoms with Crippen molar-refractivity contribution in [3.8, 4) is 11.3 Å². The first-order valence-corrected chi connectivity index (χ1v) is 11.7. The fraction of sp³-hybridized carbons (Fsp3) is 0.250. The van der Waals surface area contributed by atoms with Crippen molar-refractivity contribution in [1.29, 1.82) is 0 Å². The summed E-state index contributed by atoms with van der Waals surface area (Å²) in [6.07, 6.45) is 3.93. The predicted octanol–water partition coefficient (Wildman–Crippen LogP) is 3.85. The lowest BCUT2D eigenvalue weighted by atomic mass is 10.1. The zero-order valence-corrected chi connectivity index (χ0v) is 17.8. The molecule has 0 aliphatic heterocycles. The normalized spacial score (nSPS) is 12.3. The fourth-order valence-electron chi connectivity index (χ4n) is 2.73. The van der Waals surface area contributed by atoms with Crippen LogP contribution in [0.3, 0.4) is 0 Å². The van der Waals surface area contributed by atoms with Crippen molar-refractivity contribution in [2.75, 3.05) is 10.5 Å². The summed E-state index contributed by atoms with van der Waals surface area (Å²) in [5.41, 5.74) is 2.24. The number of carbonyl (C=O) groups excluding carboxylic acids is 1. The van der Waals surface area contributed by atoms with Gasteiger partial charge in [-0.1, -0.05) is 19.1 Å². The van der Waals surface area contributed by atoms with Crippen molar-refractivity contribution in [2.45, 2.75) is 26.3 Å². The lowest BCUT2D eigenvalue weighted by Gasteiger charge is -2.15. The summed E-state index contributed by atoms with van der Waals surface area (Å²) in [6.45, 7) is 3.63. The number of rotatable bonds is 8. The predicted molar refractivity (Wildman–Crippen MR) is 115 cm³/mol. The summed E-state index contributed by atoms with van der Waals surface area (Å²) in [7, 11) is -3.49. The third-order valence-electron chi connectivity index (χ3n) is 4.11. The van der Waals surface area contributed by atoms with Gasteiger partial charge in [0.15, 0.2) is 0 Å². The van der Waals surface area contributed by atoms with E-state index in [1.807, 2.05) is 24.4 Å². The minimum Gasteiger partial charge on any atom is -0.343 e. The molecule has 0 aliphatic rings. The Hall–Kier alpha value is -2.78. The minimum absolute atomic E-state index is 0.00437. The van der Waals surface area contributed by atoms with Crippen molar-refractivity contribution < 1.29 is 13.2 Å². The first-order chi connectivity index (χ1) is 13.9. The number of aromatic nitrogens is 2. The van der Waals surface area contributed by atoms with Crippen molar-refractivity contribution in [2.24, 2.45) is 0 Å². The van der Waals surface area contributed by atoms with Gasteiger partial charge in [0.05, 0.1) is 28.7 Å². The van der Waals surface area contributed by atoms with Gasteiger partial charge in [0, 0.05) is 23.3 Å². The van der Waals surface area contributed by atoms with Crippen LogP contribution in [-0.4, -0.2) is 30.0 Å². The van der Waals surface area contributed by atoms with Gasteiger partial charge in [0.2, 0.25) is 10.0 Å². The quantitative estimate of drug-likeness (QED) is 0.565. The Morgan fingerprint density at radius 2 is 2.00 bits per heavy atom. The van der Waals surface area contributed by atoms with Crippen LogP contribution < -0.4 is 10.0 Å². The zero-order valence-electron chi connectivity index (χ0n) is 16.1. The number of hydrogen-bond donors (Lipinski definition) is 2. The second-order valence-corrected chi connectivity index (χ2v) is 9.21. The third kappa shape index (κ3) is 5.39. The number of pyridine rings is 1. The summed E-state index contributed by atoms with van der Waals surface area (Å²) < 4.78 is 26.7. The first-order valence-electron chi connectivity index (χ1n) is 9.16. The molecule has 0 saturated heterocycles. The fourth-order valence-corrected chi connectivity index (χ4v) is 4.71. The number of hydrogen-bond acceptors (Lipinski definition) is 6. The second-order valence-electron chi connectivity index (χ2n) is 6.47. The highest BCUT2D eigenvalue weighted by Gasteiger charge is 2.19. The molecule has 2 aromatic heterocycles. The Bertz CT molecular complexity index is 1080. The van der Waals surface area contributed by atoms with Crippen molar-refractivity contribution in [3.05, 3.63) is 64.7 Å². The lowest BCUT2D eigenvalue weighted by Crippen LogP contribution is -2.28. The zero-order chi connectivity index (χ0) is 20.9. The van der Waals surface area contributed by atoms with Gasteiger partial charge in [-0.15, -0.1) is 11.3 Å². The maximum absolute atomic E-state index is 12.8.